The molecule has 1 fully saturated rings. The van der Waals surface area contributed by atoms with E-state index in [0.717, 1.165) is 65.4 Å². The number of carbonyl (C=O) groups is 1. The number of carbonyl (C=O) groups excluding carboxylic acids is 1. The van der Waals surface area contributed by atoms with Gasteiger partial charge in [0, 0.05) is 61.4 Å². The molecule has 174 valence electrons. The molecule has 0 bridgehead atoms. The van der Waals surface area contributed by atoms with Crippen molar-refractivity contribution in [3.63, 3.8) is 0 Å². The summed E-state index contributed by atoms with van der Waals surface area (Å²) in [6, 6.07) is 11.9. The fraction of sp³-hybridized carbons (Fsp3) is 0.308. The number of nitrogens with two attached hydrogens (primary N) is 1. The second kappa shape index (κ2) is 9.87. The average Bonchev–Trinajstić information content (AvgIpc) is 3.30. The lowest BCUT2D eigenvalue weighted by Crippen LogP contribution is -2.46. The highest BCUT2D eigenvalue weighted by Gasteiger charge is 2.19. The number of hydrogen-bond donors (Lipinski definition) is 1. The number of rotatable bonds is 7. The van der Waals surface area contributed by atoms with E-state index >= 15 is 0 Å². The predicted octanol–water partition coefficient (Wildman–Crippen LogP) is 4.29. The number of thiazole rings is 1. The van der Waals surface area contributed by atoms with Crippen LogP contribution in [-0.2, 0) is 6.42 Å². The average molecular weight is 473 g/mol. The zero-order chi connectivity index (χ0) is 23.5. The van der Waals surface area contributed by atoms with Crippen molar-refractivity contribution < 1.29 is 4.79 Å². The zero-order valence-corrected chi connectivity index (χ0v) is 20.1. The van der Waals surface area contributed by atoms with Crippen LogP contribution < -0.4 is 10.6 Å². The molecule has 4 aromatic rings. The molecular formula is C26H28N6OS. The van der Waals surface area contributed by atoms with Gasteiger partial charge in [-0.05, 0) is 48.2 Å². The monoisotopic (exact) mass is 472 g/mol. The van der Waals surface area contributed by atoms with Gasteiger partial charge in [0.25, 0.3) is 0 Å². The van der Waals surface area contributed by atoms with E-state index in [1.807, 2.05) is 30.5 Å². The Morgan fingerprint density at radius 3 is 2.62 bits per heavy atom. The Balaban J connectivity index is 1.31. The molecule has 0 saturated carbocycles. The molecule has 0 radical (unpaired) electrons. The third-order valence-electron chi connectivity index (χ3n) is 6.23. The van der Waals surface area contributed by atoms with Gasteiger partial charge in [-0.1, -0.05) is 30.4 Å². The summed E-state index contributed by atoms with van der Waals surface area (Å²) in [5.74, 6) is 0.924. The van der Waals surface area contributed by atoms with Gasteiger partial charge in [0.1, 0.15) is 5.82 Å². The van der Waals surface area contributed by atoms with E-state index in [1.54, 1.807) is 18.5 Å². The molecule has 1 aromatic carbocycles. The Hall–Kier alpha value is -3.36. The van der Waals surface area contributed by atoms with E-state index < -0.39 is 0 Å². The predicted molar refractivity (Wildman–Crippen MR) is 138 cm³/mol. The van der Waals surface area contributed by atoms with Crippen molar-refractivity contribution in [1.29, 1.82) is 0 Å². The van der Waals surface area contributed by atoms with Crippen LogP contribution in [0.15, 0.2) is 55.0 Å². The second-order valence-electron chi connectivity index (χ2n) is 8.63. The Morgan fingerprint density at radius 1 is 1.00 bits per heavy atom. The lowest BCUT2D eigenvalue weighted by molar-refractivity contribution is 0.0992. The minimum atomic E-state index is 0.0477. The minimum absolute atomic E-state index is 0.0477. The van der Waals surface area contributed by atoms with E-state index in [2.05, 4.69) is 37.7 Å². The summed E-state index contributed by atoms with van der Waals surface area (Å²) < 4.78 is 0. The molecule has 34 heavy (non-hydrogen) atoms. The van der Waals surface area contributed by atoms with Crippen molar-refractivity contribution >= 4 is 38.8 Å². The zero-order valence-electron chi connectivity index (χ0n) is 19.3. The molecule has 0 spiro atoms. The molecule has 1 saturated heterocycles. The van der Waals surface area contributed by atoms with E-state index in [-0.39, 0.29) is 12.2 Å². The summed E-state index contributed by atoms with van der Waals surface area (Å²) in [7, 11) is 0. The molecule has 0 unspecified atom stereocenters. The molecule has 1 aliphatic heterocycles. The van der Waals surface area contributed by atoms with E-state index in [4.69, 9.17) is 5.73 Å². The summed E-state index contributed by atoms with van der Waals surface area (Å²) >= 11 is 1.46. The van der Waals surface area contributed by atoms with Crippen LogP contribution in [0.2, 0.25) is 0 Å². The van der Waals surface area contributed by atoms with Gasteiger partial charge in [-0.3, -0.25) is 14.7 Å². The van der Waals surface area contributed by atoms with Crippen molar-refractivity contribution in [1.82, 2.24) is 19.9 Å². The summed E-state index contributed by atoms with van der Waals surface area (Å²) in [4.78, 5) is 32.1. The van der Waals surface area contributed by atoms with Crippen molar-refractivity contribution in [2.75, 3.05) is 43.4 Å². The first-order valence-electron chi connectivity index (χ1n) is 11.7. The SMILES string of the molecule is CCCN1CCN(c2cc(C(=O)Cc3cc4cc(-c5cnc(N)s5)ccc4cn3)ccn2)CC1. The normalized spacial score (nSPS) is 14.6. The van der Waals surface area contributed by atoms with Crippen LogP contribution in [0.25, 0.3) is 21.2 Å². The molecule has 5 rings (SSSR count). The van der Waals surface area contributed by atoms with Gasteiger partial charge in [-0.2, -0.15) is 0 Å². The number of anilines is 2. The number of aromatic nitrogens is 3. The molecule has 0 atom stereocenters. The highest BCUT2D eigenvalue weighted by atomic mass is 32.1. The van der Waals surface area contributed by atoms with Gasteiger partial charge in [-0.15, -0.1) is 0 Å². The highest BCUT2D eigenvalue weighted by molar-refractivity contribution is 7.18. The van der Waals surface area contributed by atoms with Gasteiger partial charge in [0.15, 0.2) is 10.9 Å². The number of piperazine rings is 1. The number of nitrogen functional groups attached to an aromatic ring is 1. The van der Waals surface area contributed by atoms with Crippen molar-refractivity contribution in [2.24, 2.45) is 0 Å². The molecular weight excluding hydrogens is 444 g/mol. The van der Waals surface area contributed by atoms with Crippen LogP contribution in [0, 0.1) is 0 Å². The summed E-state index contributed by atoms with van der Waals surface area (Å²) in [5.41, 5.74) is 8.28. The Morgan fingerprint density at radius 2 is 1.85 bits per heavy atom. The number of pyridine rings is 2. The number of hydrogen-bond acceptors (Lipinski definition) is 8. The van der Waals surface area contributed by atoms with Crippen LogP contribution in [0.1, 0.15) is 29.4 Å². The van der Waals surface area contributed by atoms with E-state index in [9.17, 15) is 4.79 Å². The number of Topliss-reactive ketones (excluding diaryl/α,β-unsaturated/α-hetero) is 1. The molecule has 1 aliphatic rings. The van der Waals surface area contributed by atoms with Crippen LogP contribution in [0.3, 0.4) is 0 Å². The smallest absolute Gasteiger partial charge is 0.180 e. The van der Waals surface area contributed by atoms with E-state index in [1.165, 1.54) is 17.8 Å². The Kier molecular flexibility index (Phi) is 6.51. The molecule has 3 aromatic heterocycles. The third-order valence-corrected chi connectivity index (χ3v) is 7.11. The standard InChI is InChI=1S/C26H28N6OS/c1-2-7-31-8-10-32(11-9-31)25-14-18(5-6-28-25)23(33)15-22-13-21-12-19(3-4-20(21)16-29-22)24-17-30-26(27)34-24/h3-6,12-14,16-17H,2,7-11,15H2,1H3,(H2,27,30). The fourth-order valence-corrected chi connectivity index (χ4v) is 5.09. The lowest BCUT2D eigenvalue weighted by Gasteiger charge is -2.35. The van der Waals surface area contributed by atoms with Crippen LogP contribution in [0.5, 0.6) is 0 Å². The maximum absolute atomic E-state index is 13.1. The first kappa shape index (κ1) is 22.4. The van der Waals surface area contributed by atoms with Gasteiger partial charge in [0.2, 0.25) is 0 Å². The number of nitrogens with zero attached hydrogens (tertiary/aromatic N) is 5. The quantitative estimate of drug-likeness (QED) is 0.401. The maximum atomic E-state index is 13.1. The topological polar surface area (TPSA) is 88.2 Å². The molecule has 0 amide bonds. The summed E-state index contributed by atoms with van der Waals surface area (Å²) in [6.07, 6.45) is 6.78. The first-order chi connectivity index (χ1) is 16.6. The van der Waals surface area contributed by atoms with Gasteiger partial charge in [0.05, 0.1) is 11.3 Å². The van der Waals surface area contributed by atoms with Gasteiger partial charge < -0.3 is 10.6 Å². The highest BCUT2D eigenvalue weighted by Crippen LogP contribution is 2.30. The maximum Gasteiger partial charge on any atom is 0.180 e. The summed E-state index contributed by atoms with van der Waals surface area (Å²) in [6.45, 7) is 7.28. The number of ketones is 1. The first-order valence-corrected chi connectivity index (χ1v) is 12.5. The largest absolute Gasteiger partial charge is 0.375 e. The Bertz CT molecular complexity index is 1310. The van der Waals surface area contributed by atoms with Crippen molar-refractivity contribution in [3.8, 4) is 10.4 Å². The lowest BCUT2D eigenvalue weighted by atomic mass is 10.0. The fourth-order valence-electron chi connectivity index (χ4n) is 4.41. The Labute approximate surface area is 203 Å². The summed E-state index contributed by atoms with van der Waals surface area (Å²) in [5, 5.41) is 2.63. The third kappa shape index (κ3) is 4.93. The molecule has 2 N–H and O–H groups in total. The van der Waals surface area contributed by atoms with Gasteiger partial charge in [-0.25, -0.2) is 9.97 Å². The van der Waals surface area contributed by atoms with E-state index in [0.29, 0.717) is 10.7 Å². The van der Waals surface area contributed by atoms with Crippen molar-refractivity contribution in [3.05, 3.63) is 66.2 Å². The molecule has 8 heteroatoms. The minimum Gasteiger partial charge on any atom is -0.375 e. The number of benzene rings is 1. The van der Waals surface area contributed by atoms with Crippen LogP contribution in [0.4, 0.5) is 10.9 Å². The molecule has 0 aliphatic carbocycles. The molecule has 7 nitrogen and oxygen atoms in total. The molecule has 4 heterocycles. The van der Waals surface area contributed by atoms with Crippen LogP contribution in [-0.4, -0.2) is 58.4 Å². The second-order valence-corrected chi connectivity index (χ2v) is 9.69. The van der Waals surface area contributed by atoms with Crippen molar-refractivity contribution in [2.45, 2.75) is 19.8 Å². The van der Waals surface area contributed by atoms with Crippen LogP contribution >= 0.6 is 11.3 Å². The van der Waals surface area contributed by atoms with Gasteiger partial charge >= 0.3 is 0 Å². The number of fused-ring (bicyclic) bond motifs is 1.